The van der Waals surface area contributed by atoms with Gasteiger partial charge in [-0.2, -0.15) is 0 Å². The Hall–Kier alpha value is -1.35. The predicted octanol–water partition coefficient (Wildman–Crippen LogP) is 0.981. The van der Waals surface area contributed by atoms with Gasteiger partial charge in [0.25, 0.3) is 5.91 Å². The summed E-state index contributed by atoms with van der Waals surface area (Å²) in [4.78, 5) is 11.4. The number of aliphatic hydroxyl groups is 1. The Bertz CT molecular complexity index is 293. The van der Waals surface area contributed by atoms with Crippen molar-refractivity contribution in [3.05, 3.63) is 41.8 Å². The summed E-state index contributed by atoms with van der Waals surface area (Å²) in [7, 11) is 0. The molecule has 0 unspecified atom stereocenters. The summed E-state index contributed by atoms with van der Waals surface area (Å²) >= 11 is 0. The summed E-state index contributed by atoms with van der Waals surface area (Å²) in [5.41, 5.74) is 1.70. The van der Waals surface area contributed by atoms with Gasteiger partial charge in [0.05, 0.1) is 6.61 Å². The quantitative estimate of drug-likeness (QED) is 0.747. The van der Waals surface area contributed by atoms with Crippen LogP contribution in [0.2, 0.25) is 0 Å². The summed E-state index contributed by atoms with van der Waals surface area (Å²) in [5.74, 6) is -0.151. The monoisotopic (exact) mass is 192 g/mol. The van der Waals surface area contributed by atoms with E-state index in [0.29, 0.717) is 12.1 Å². The second-order valence-corrected chi connectivity index (χ2v) is 2.89. The molecule has 0 aliphatic rings. The molecule has 0 saturated heterocycles. The molecule has 0 fully saturated rings. The topological polar surface area (TPSA) is 49.3 Å². The van der Waals surface area contributed by atoms with E-state index in [1.54, 1.807) is 12.1 Å². The largest absolute Gasteiger partial charge is 0.395 e. The molecule has 1 radical (unpaired) electrons. The molecular formula is C11H14NO2. The second kappa shape index (κ2) is 5.40. The number of aliphatic hydroxyl groups excluding tert-OH is 1. The fourth-order valence-corrected chi connectivity index (χ4v) is 1.10. The van der Waals surface area contributed by atoms with E-state index in [2.05, 4.69) is 5.32 Å². The fraction of sp³-hybridized carbons (Fsp3) is 0.273. The number of carbonyl (C=O) groups is 1. The van der Waals surface area contributed by atoms with Gasteiger partial charge in [-0.15, -0.1) is 0 Å². The van der Waals surface area contributed by atoms with E-state index in [0.717, 1.165) is 5.56 Å². The molecule has 0 heterocycles. The number of nitrogens with one attached hydrogen (secondary N) is 1. The maximum atomic E-state index is 11.4. The molecule has 0 spiro atoms. The summed E-state index contributed by atoms with van der Waals surface area (Å²) < 4.78 is 0. The highest BCUT2D eigenvalue weighted by atomic mass is 16.3. The van der Waals surface area contributed by atoms with Crippen LogP contribution >= 0.6 is 0 Å². The molecule has 3 heteroatoms. The van der Waals surface area contributed by atoms with E-state index >= 15 is 0 Å². The Balaban J connectivity index is 2.62. The lowest BCUT2D eigenvalue weighted by Crippen LogP contribution is -2.26. The maximum absolute atomic E-state index is 11.4. The van der Waals surface area contributed by atoms with Crippen LogP contribution in [-0.4, -0.2) is 24.2 Å². The first-order valence-corrected chi connectivity index (χ1v) is 4.56. The number of rotatable bonds is 4. The van der Waals surface area contributed by atoms with E-state index in [4.69, 9.17) is 5.11 Å². The third-order valence-electron chi connectivity index (χ3n) is 1.90. The van der Waals surface area contributed by atoms with Crippen LogP contribution in [0, 0.1) is 6.42 Å². The first kappa shape index (κ1) is 10.7. The second-order valence-electron chi connectivity index (χ2n) is 2.89. The van der Waals surface area contributed by atoms with Gasteiger partial charge >= 0.3 is 0 Å². The van der Waals surface area contributed by atoms with Crippen LogP contribution in [-0.2, 0) is 0 Å². The van der Waals surface area contributed by atoms with Crippen molar-refractivity contribution in [2.45, 2.75) is 6.92 Å². The SMILES string of the molecule is C[CH]c1ccc(C(=O)NCCO)cc1. The average molecular weight is 192 g/mol. The Morgan fingerprint density at radius 2 is 2.07 bits per heavy atom. The third kappa shape index (κ3) is 2.85. The lowest BCUT2D eigenvalue weighted by molar-refractivity contribution is 0.0945. The van der Waals surface area contributed by atoms with Crippen LogP contribution in [0.25, 0.3) is 0 Å². The van der Waals surface area contributed by atoms with E-state index < -0.39 is 0 Å². The maximum Gasteiger partial charge on any atom is 0.251 e. The molecule has 2 N–H and O–H groups in total. The summed E-state index contributed by atoms with van der Waals surface area (Å²) in [5, 5.41) is 11.1. The van der Waals surface area contributed by atoms with E-state index in [-0.39, 0.29) is 12.5 Å². The van der Waals surface area contributed by atoms with Crippen LogP contribution in [0.5, 0.6) is 0 Å². The highest BCUT2D eigenvalue weighted by Gasteiger charge is 2.03. The van der Waals surface area contributed by atoms with Gasteiger partial charge in [-0.25, -0.2) is 0 Å². The van der Waals surface area contributed by atoms with Gasteiger partial charge in [-0.1, -0.05) is 19.1 Å². The highest BCUT2D eigenvalue weighted by molar-refractivity contribution is 5.94. The lowest BCUT2D eigenvalue weighted by atomic mass is 10.1. The van der Waals surface area contributed by atoms with E-state index in [1.807, 2.05) is 25.5 Å². The van der Waals surface area contributed by atoms with Crippen molar-refractivity contribution in [1.82, 2.24) is 5.32 Å². The first-order chi connectivity index (χ1) is 6.77. The molecule has 1 aromatic carbocycles. The number of hydrogen-bond acceptors (Lipinski definition) is 2. The van der Waals surface area contributed by atoms with Crippen LogP contribution in [0.1, 0.15) is 22.8 Å². The molecule has 14 heavy (non-hydrogen) atoms. The molecule has 1 rings (SSSR count). The molecule has 0 aliphatic heterocycles. The minimum atomic E-state index is -0.151. The van der Waals surface area contributed by atoms with Gasteiger partial charge < -0.3 is 10.4 Å². The Labute approximate surface area is 83.8 Å². The molecule has 1 amide bonds. The average Bonchev–Trinajstić information content (AvgIpc) is 2.26. The molecule has 0 atom stereocenters. The zero-order chi connectivity index (χ0) is 10.4. The predicted molar refractivity (Wildman–Crippen MR) is 54.9 cm³/mol. The van der Waals surface area contributed by atoms with Crippen LogP contribution in [0.15, 0.2) is 24.3 Å². The van der Waals surface area contributed by atoms with Crippen molar-refractivity contribution in [3.63, 3.8) is 0 Å². The molecule has 0 saturated carbocycles. The third-order valence-corrected chi connectivity index (χ3v) is 1.90. The molecule has 3 nitrogen and oxygen atoms in total. The van der Waals surface area contributed by atoms with Crippen molar-refractivity contribution in [3.8, 4) is 0 Å². The zero-order valence-electron chi connectivity index (χ0n) is 8.16. The van der Waals surface area contributed by atoms with Gasteiger partial charge in [-0.05, 0) is 24.1 Å². The van der Waals surface area contributed by atoms with E-state index in [1.165, 1.54) is 0 Å². The lowest BCUT2D eigenvalue weighted by Gasteiger charge is -2.03. The van der Waals surface area contributed by atoms with Gasteiger partial charge in [0.1, 0.15) is 0 Å². The van der Waals surface area contributed by atoms with E-state index in [9.17, 15) is 4.79 Å². The Kier molecular flexibility index (Phi) is 4.13. The van der Waals surface area contributed by atoms with Crippen molar-refractivity contribution in [2.75, 3.05) is 13.2 Å². The van der Waals surface area contributed by atoms with Crippen molar-refractivity contribution < 1.29 is 9.90 Å². The Morgan fingerprint density at radius 3 is 2.57 bits per heavy atom. The molecule has 1 aromatic rings. The molecule has 0 aromatic heterocycles. The van der Waals surface area contributed by atoms with Gasteiger partial charge in [0, 0.05) is 12.1 Å². The smallest absolute Gasteiger partial charge is 0.251 e. The summed E-state index contributed by atoms with van der Waals surface area (Å²) in [6.07, 6.45) is 1.97. The van der Waals surface area contributed by atoms with Crippen molar-refractivity contribution in [2.24, 2.45) is 0 Å². The van der Waals surface area contributed by atoms with Gasteiger partial charge in [-0.3, -0.25) is 4.79 Å². The molecular weight excluding hydrogens is 178 g/mol. The minimum Gasteiger partial charge on any atom is -0.395 e. The van der Waals surface area contributed by atoms with Crippen LogP contribution in [0.4, 0.5) is 0 Å². The number of amides is 1. The van der Waals surface area contributed by atoms with Crippen LogP contribution in [0.3, 0.4) is 0 Å². The molecule has 75 valence electrons. The molecule has 0 bridgehead atoms. The highest BCUT2D eigenvalue weighted by Crippen LogP contribution is 2.05. The van der Waals surface area contributed by atoms with Crippen molar-refractivity contribution in [1.29, 1.82) is 0 Å². The molecule has 0 aliphatic carbocycles. The number of carbonyl (C=O) groups excluding carboxylic acids is 1. The number of benzene rings is 1. The Morgan fingerprint density at radius 1 is 1.43 bits per heavy atom. The standard InChI is InChI=1S/C11H14NO2/c1-2-9-3-5-10(6-4-9)11(14)12-7-8-13/h2-6,13H,7-8H2,1H3,(H,12,14). The number of hydrogen-bond donors (Lipinski definition) is 2. The van der Waals surface area contributed by atoms with Crippen molar-refractivity contribution >= 4 is 5.91 Å². The van der Waals surface area contributed by atoms with Gasteiger partial charge in [0.2, 0.25) is 0 Å². The summed E-state index contributed by atoms with van der Waals surface area (Å²) in [6, 6.07) is 7.30. The first-order valence-electron chi connectivity index (χ1n) is 4.56. The van der Waals surface area contributed by atoms with Crippen LogP contribution < -0.4 is 5.32 Å². The zero-order valence-corrected chi connectivity index (χ0v) is 8.16. The minimum absolute atomic E-state index is 0.0352. The fourth-order valence-electron chi connectivity index (χ4n) is 1.10. The normalized spacial score (nSPS) is 9.86. The van der Waals surface area contributed by atoms with Gasteiger partial charge in [0.15, 0.2) is 0 Å². The summed E-state index contributed by atoms with van der Waals surface area (Å²) in [6.45, 7) is 2.20.